The van der Waals surface area contributed by atoms with E-state index in [2.05, 4.69) is 5.32 Å². The van der Waals surface area contributed by atoms with Crippen molar-refractivity contribution >= 4 is 28.1 Å². The van der Waals surface area contributed by atoms with Crippen LogP contribution in [0.25, 0.3) is 0 Å². The fourth-order valence-electron chi connectivity index (χ4n) is 1.88. The van der Waals surface area contributed by atoms with Crippen molar-refractivity contribution in [2.24, 2.45) is 0 Å². The lowest BCUT2D eigenvalue weighted by atomic mass is 10.2. The third-order valence-electron chi connectivity index (χ3n) is 3.23. The predicted molar refractivity (Wildman–Crippen MR) is 86.5 cm³/mol. The highest BCUT2D eigenvalue weighted by molar-refractivity contribution is 7.86. The lowest BCUT2D eigenvalue weighted by molar-refractivity contribution is -0.115. The Morgan fingerprint density at radius 3 is 2.48 bits per heavy atom. The van der Waals surface area contributed by atoms with Gasteiger partial charge in [0.05, 0.1) is 21.4 Å². The van der Waals surface area contributed by atoms with Crippen LogP contribution in [0.15, 0.2) is 53.4 Å². The van der Waals surface area contributed by atoms with Crippen LogP contribution in [0.1, 0.15) is 12.5 Å². The van der Waals surface area contributed by atoms with Gasteiger partial charge in [-0.2, -0.15) is 0 Å². The monoisotopic (exact) mass is 302 g/mol. The summed E-state index contributed by atoms with van der Waals surface area (Å²) in [6, 6.07) is 14.4. The van der Waals surface area contributed by atoms with Crippen LogP contribution in [-0.2, 0) is 15.6 Å². The average Bonchev–Trinajstić information content (AvgIpc) is 2.49. The van der Waals surface area contributed by atoms with Gasteiger partial charge in [-0.05, 0) is 37.6 Å². The third-order valence-corrected chi connectivity index (χ3v) is 4.88. The first-order valence-electron chi connectivity index (χ1n) is 6.62. The van der Waals surface area contributed by atoms with E-state index in [4.69, 9.17) is 5.73 Å². The molecule has 0 heterocycles. The van der Waals surface area contributed by atoms with Gasteiger partial charge in [-0.3, -0.25) is 9.00 Å². The number of aryl methyl sites for hydroxylation is 1. The maximum Gasteiger partial charge on any atom is 0.240 e. The number of anilines is 2. The molecule has 0 saturated heterocycles. The van der Waals surface area contributed by atoms with Crippen LogP contribution in [0.4, 0.5) is 11.4 Å². The van der Waals surface area contributed by atoms with Gasteiger partial charge in [0.1, 0.15) is 5.25 Å². The fourth-order valence-corrected chi connectivity index (χ4v) is 3.11. The Morgan fingerprint density at radius 1 is 1.14 bits per heavy atom. The summed E-state index contributed by atoms with van der Waals surface area (Å²) in [5.74, 6) is -0.291. The molecule has 0 aromatic heterocycles. The Balaban J connectivity index is 2.15. The number of nitrogen functional groups attached to an aromatic ring is 1. The highest BCUT2D eigenvalue weighted by atomic mass is 32.2. The molecule has 0 aliphatic heterocycles. The van der Waals surface area contributed by atoms with E-state index in [9.17, 15) is 9.00 Å². The molecule has 2 aromatic rings. The summed E-state index contributed by atoms with van der Waals surface area (Å²) in [5.41, 5.74) is 7.97. The van der Waals surface area contributed by atoms with E-state index in [1.54, 1.807) is 31.2 Å². The highest BCUT2D eigenvalue weighted by Crippen LogP contribution is 2.23. The number of nitrogens with one attached hydrogen (secondary N) is 1. The van der Waals surface area contributed by atoms with Crippen LogP contribution in [0.5, 0.6) is 0 Å². The molecular formula is C16H18N2O2S. The molecule has 2 unspecified atom stereocenters. The van der Waals surface area contributed by atoms with Gasteiger partial charge < -0.3 is 11.1 Å². The number of carbonyl (C=O) groups is 1. The lowest BCUT2D eigenvalue weighted by Gasteiger charge is -2.14. The minimum atomic E-state index is -1.49. The van der Waals surface area contributed by atoms with Crippen LogP contribution in [0.2, 0.25) is 0 Å². The number of rotatable bonds is 4. The van der Waals surface area contributed by atoms with E-state index >= 15 is 0 Å². The maximum absolute atomic E-state index is 12.5. The number of para-hydroxylation sites is 2. The molecule has 0 bridgehead atoms. The molecule has 0 spiro atoms. The van der Waals surface area contributed by atoms with Crippen molar-refractivity contribution in [3.05, 3.63) is 54.1 Å². The molecule has 1 amide bonds. The number of benzene rings is 2. The SMILES string of the molecule is Cc1cccc(S(=O)C(C)C(=O)Nc2ccccc2)c1N. The second-order valence-electron chi connectivity index (χ2n) is 4.78. The summed E-state index contributed by atoms with van der Waals surface area (Å²) < 4.78 is 12.5. The van der Waals surface area contributed by atoms with Gasteiger partial charge in [0.25, 0.3) is 0 Å². The molecule has 0 saturated carbocycles. The zero-order valence-corrected chi connectivity index (χ0v) is 12.8. The van der Waals surface area contributed by atoms with Crippen molar-refractivity contribution in [3.8, 4) is 0 Å². The highest BCUT2D eigenvalue weighted by Gasteiger charge is 2.23. The Kier molecular flexibility index (Phi) is 4.75. The van der Waals surface area contributed by atoms with Crippen molar-refractivity contribution < 1.29 is 9.00 Å². The van der Waals surface area contributed by atoms with Gasteiger partial charge in [0, 0.05) is 5.69 Å². The molecule has 0 aliphatic carbocycles. The van der Waals surface area contributed by atoms with Crippen LogP contribution in [-0.4, -0.2) is 15.4 Å². The van der Waals surface area contributed by atoms with Gasteiger partial charge >= 0.3 is 0 Å². The minimum Gasteiger partial charge on any atom is -0.398 e. The van der Waals surface area contributed by atoms with E-state index in [0.717, 1.165) is 5.56 Å². The molecule has 0 aliphatic rings. The topological polar surface area (TPSA) is 72.2 Å². The number of carbonyl (C=O) groups excluding carboxylic acids is 1. The quantitative estimate of drug-likeness (QED) is 0.853. The second-order valence-corrected chi connectivity index (χ2v) is 6.52. The summed E-state index contributed by atoms with van der Waals surface area (Å²) in [6.07, 6.45) is 0. The first-order valence-corrected chi connectivity index (χ1v) is 7.83. The molecule has 21 heavy (non-hydrogen) atoms. The van der Waals surface area contributed by atoms with E-state index in [0.29, 0.717) is 16.3 Å². The van der Waals surface area contributed by atoms with Gasteiger partial charge in [-0.15, -0.1) is 0 Å². The Bertz CT molecular complexity index is 671. The molecule has 4 nitrogen and oxygen atoms in total. The van der Waals surface area contributed by atoms with Crippen molar-refractivity contribution in [2.75, 3.05) is 11.1 Å². The third kappa shape index (κ3) is 3.49. The van der Waals surface area contributed by atoms with E-state index in [-0.39, 0.29) is 5.91 Å². The summed E-state index contributed by atoms with van der Waals surface area (Å²) >= 11 is 0. The van der Waals surface area contributed by atoms with E-state index in [1.165, 1.54) is 0 Å². The van der Waals surface area contributed by atoms with Gasteiger partial charge in [-0.1, -0.05) is 30.3 Å². The van der Waals surface area contributed by atoms with E-state index in [1.807, 2.05) is 31.2 Å². The van der Waals surface area contributed by atoms with Crippen molar-refractivity contribution in [1.29, 1.82) is 0 Å². The zero-order valence-electron chi connectivity index (χ0n) is 12.0. The van der Waals surface area contributed by atoms with Crippen molar-refractivity contribution in [3.63, 3.8) is 0 Å². The van der Waals surface area contributed by atoms with Crippen molar-refractivity contribution in [1.82, 2.24) is 0 Å². The molecule has 5 heteroatoms. The normalized spacial score (nSPS) is 13.4. The molecule has 110 valence electrons. The number of nitrogens with two attached hydrogens (primary N) is 1. The molecule has 2 rings (SSSR count). The summed E-state index contributed by atoms with van der Waals surface area (Å²) in [6.45, 7) is 3.49. The van der Waals surface area contributed by atoms with Crippen molar-refractivity contribution in [2.45, 2.75) is 24.0 Å². The molecule has 2 aromatic carbocycles. The van der Waals surface area contributed by atoms with E-state index < -0.39 is 16.0 Å². The molecule has 0 fully saturated rings. The van der Waals surface area contributed by atoms with Gasteiger partial charge in [0.2, 0.25) is 5.91 Å². The fraction of sp³-hybridized carbons (Fsp3) is 0.188. The lowest BCUT2D eigenvalue weighted by Crippen LogP contribution is -2.29. The second kappa shape index (κ2) is 6.54. The van der Waals surface area contributed by atoms with Crippen LogP contribution < -0.4 is 11.1 Å². The summed E-state index contributed by atoms with van der Waals surface area (Å²) in [5, 5.41) is 2.07. The Labute approximate surface area is 126 Å². The Hall–Kier alpha value is -2.14. The predicted octanol–water partition coefficient (Wildman–Crippen LogP) is 2.71. The van der Waals surface area contributed by atoms with Crippen LogP contribution in [0.3, 0.4) is 0 Å². The molecular weight excluding hydrogens is 284 g/mol. The first kappa shape index (κ1) is 15.3. The smallest absolute Gasteiger partial charge is 0.240 e. The van der Waals surface area contributed by atoms with Crippen LogP contribution >= 0.6 is 0 Å². The van der Waals surface area contributed by atoms with Gasteiger partial charge in [-0.25, -0.2) is 0 Å². The molecule has 0 radical (unpaired) electrons. The maximum atomic E-state index is 12.5. The standard InChI is InChI=1S/C16H18N2O2S/c1-11-7-6-10-14(15(11)17)21(20)12(2)16(19)18-13-8-4-3-5-9-13/h3-10,12H,17H2,1-2H3,(H,18,19). The average molecular weight is 302 g/mol. The summed E-state index contributed by atoms with van der Waals surface area (Å²) in [4.78, 5) is 12.7. The zero-order chi connectivity index (χ0) is 15.4. The molecule has 2 atom stereocenters. The first-order chi connectivity index (χ1) is 10.0. The molecule has 3 N–H and O–H groups in total. The number of hydrogen-bond donors (Lipinski definition) is 2. The van der Waals surface area contributed by atoms with Crippen LogP contribution in [0, 0.1) is 6.92 Å². The summed E-state index contributed by atoms with van der Waals surface area (Å²) in [7, 11) is -1.49. The largest absolute Gasteiger partial charge is 0.398 e. The minimum absolute atomic E-state index is 0.291. The van der Waals surface area contributed by atoms with Gasteiger partial charge in [0.15, 0.2) is 0 Å². The number of hydrogen-bond acceptors (Lipinski definition) is 3. The Morgan fingerprint density at radius 2 is 1.81 bits per heavy atom. The number of amides is 1.